The minimum Gasteiger partial charge on any atom is -0.492 e. The van der Waals surface area contributed by atoms with Crippen LogP contribution in [0.15, 0.2) is 71.2 Å². The van der Waals surface area contributed by atoms with E-state index in [0.717, 1.165) is 28.6 Å². The Morgan fingerprint density at radius 2 is 1.45 bits per heavy atom. The second kappa shape index (κ2) is 12.2. The van der Waals surface area contributed by atoms with Crippen LogP contribution in [0, 0.1) is 6.92 Å². The summed E-state index contributed by atoms with van der Waals surface area (Å²) in [4.78, 5) is 25.0. The molecule has 0 aliphatic rings. The molecule has 0 aliphatic heterocycles. The number of hydrogen-bond donors (Lipinski definition) is 2. The molecule has 2 N–H and O–H groups in total. The summed E-state index contributed by atoms with van der Waals surface area (Å²) < 4.78 is 6.56. The highest BCUT2D eigenvalue weighted by Crippen LogP contribution is 2.27. The van der Waals surface area contributed by atoms with E-state index in [4.69, 9.17) is 4.74 Å². The lowest BCUT2D eigenvalue weighted by Crippen LogP contribution is -2.13. The van der Waals surface area contributed by atoms with Crippen molar-refractivity contribution in [2.75, 3.05) is 17.2 Å². The normalized spacial score (nSPS) is 10.5. The van der Waals surface area contributed by atoms with Gasteiger partial charge in [0, 0.05) is 22.5 Å². The lowest BCUT2D eigenvalue weighted by atomic mass is 10.1. The Morgan fingerprint density at radius 1 is 0.818 bits per heavy atom. The molecule has 0 radical (unpaired) electrons. The number of unbranched alkanes of at least 4 members (excludes halogenated alkanes) is 3. The first-order valence-electron chi connectivity index (χ1n) is 11.2. The maximum atomic E-state index is 12.6. The van der Waals surface area contributed by atoms with Gasteiger partial charge < -0.3 is 15.4 Å². The topological polar surface area (TPSA) is 67.4 Å². The SMILES string of the molecule is CCCCCCOc1ccc(C(=O)Nc2ccc(NC(=O)c3cccc(C)c3)cc2)cc1Br. The van der Waals surface area contributed by atoms with Gasteiger partial charge in [-0.05, 0) is 83.9 Å². The number of carbonyl (C=O) groups excluding carboxylic acids is 2. The van der Waals surface area contributed by atoms with Crippen LogP contribution in [0.4, 0.5) is 11.4 Å². The van der Waals surface area contributed by atoms with E-state index in [9.17, 15) is 9.59 Å². The molecule has 3 rings (SSSR count). The van der Waals surface area contributed by atoms with E-state index in [2.05, 4.69) is 33.5 Å². The van der Waals surface area contributed by atoms with Crippen LogP contribution in [0.3, 0.4) is 0 Å². The van der Waals surface area contributed by atoms with Crippen molar-refractivity contribution in [1.29, 1.82) is 0 Å². The van der Waals surface area contributed by atoms with Crippen molar-refractivity contribution in [3.63, 3.8) is 0 Å². The monoisotopic (exact) mass is 508 g/mol. The minimum atomic E-state index is -0.221. The van der Waals surface area contributed by atoms with Crippen molar-refractivity contribution in [3.8, 4) is 5.75 Å². The summed E-state index contributed by atoms with van der Waals surface area (Å²) >= 11 is 3.49. The molecule has 33 heavy (non-hydrogen) atoms. The van der Waals surface area contributed by atoms with Gasteiger partial charge in [-0.25, -0.2) is 0 Å². The zero-order valence-electron chi connectivity index (χ0n) is 19.0. The molecule has 5 nitrogen and oxygen atoms in total. The predicted molar refractivity (Wildman–Crippen MR) is 137 cm³/mol. The molecule has 0 atom stereocenters. The van der Waals surface area contributed by atoms with Crippen molar-refractivity contribution in [2.45, 2.75) is 39.5 Å². The van der Waals surface area contributed by atoms with E-state index in [1.165, 1.54) is 12.8 Å². The van der Waals surface area contributed by atoms with Gasteiger partial charge in [-0.15, -0.1) is 0 Å². The van der Waals surface area contributed by atoms with Crippen molar-refractivity contribution in [3.05, 3.63) is 87.9 Å². The quantitative estimate of drug-likeness (QED) is 0.284. The third-order valence-electron chi connectivity index (χ3n) is 5.13. The van der Waals surface area contributed by atoms with Crippen LogP contribution in [0.5, 0.6) is 5.75 Å². The predicted octanol–water partition coefficient (Wildman–Crippen LogP) is 7.22. The van der Waals surface area contributed by atoms with Crippen LogP contribution in [-0.4, -0.2) is 18.4 Å². The van der Waals surface area contributed by atoms with Crippen molar-refractivity contribution in [1.82, 2.24) is 0 Å². The number of carbonyl (C=O) groups is 2. The van der Waals surface area contributed by atoms with E-state index in [1.54, 1.807) is 42.5 Å². The number of aryl methyl sites for hydroxylation is 1. The summed E-state index contributed by atoms with van der Waals surface area (Å²) in [6, 6.07) is 19.8. The summed E-state index contributed by atoms with van der Waals surface area (Å²) in [7, 11) is 0. The summed E-state index contributed by atoms with van der Waals surface area (Å²) in [5.74, 6) is 0.339. The highest BCUT2D eigenvalue weighted by molar-refractivity contribution is 9.10. The Bertz CT molecular complexity index is 1100. The molecule has 6 heteroatoms. The number of rotatable bonds is 10. The third kappa shape index (κ3) is 7.46. The lowest BCUT2D eigenvalue weighted by Gasteiger charge is -2.11. The standard InChI is InChI=1S/C27H29BrN2O3/c1-3-4-5-6-16-33-25-15-10-21(18-24(25)28)27(32)30-23-13-11-22(12-14-23)29-26(31)20-9-7-8-19(2)17-20/h7-15,17-18H,3-6,16H2,1-2H3,(H,29,31)(H,30,32). The van der Waals surface area contributed by atoms with Gasteiger partial charge in [0.25, 0.3) is 11.8 Å². The molecule has 0 saturated heterocycles. The van der Waals surface area contributed by atoms with Gasteiger partial charge in [0.1, 0.15) is 5.75 Å². The average Bonchev–Trinajstić information content (AvgIpc) is 2.81. The van der Waals surface area contributed by atoms with Gasteiger partial charge in [-0.2, -0.15) is 0 Å². The van der Waals surface area contributed by atoms with Crippen LogP contribution in [0.25, 0.3) is 0 Å². The van der Waals surface area contributed by atoms with Crippen LogP contribution >= 0.6 is 15.9 Å². The molecule has 0 spiro atoms. The summed E-state index contributed by atoms with van der Waals surface area (Å²) in [6.07, 6.45) is 4.58. The number of anilines is 2. The van der Waals surface area contributed by atoms with E-state index in [1.807, 2.05) is 31.2 Å². The number of amides is 2. The van der Waals surface area contributed by atoms with Crippen LogP contribution in [0.2, 0.25) is 0 Å². The zero-order valence-corrected chi connectivity index (χ0v) is 20.6. The minimum absolute atomic E-state index is 0.173. The summed E-state index contributed by atoms with van der Waals surface area (Å²) in [6.45, 7) is 4.79. The Morgan fingerprint density at radius 3 is 2.03 bits per heavy atom. The molecular formula is C27H29BrN2O3. The Labute approximate surface area is 203 Å². The Kier molecular flexibility index (Phi) is 9.07. The molecule has 3 aromatic carbocycles. The molecule has 3 aromatic rings. The number of benzene rings is 3. The average molecular weight is 509 g/mol. The van der Waals surface area contributed by atoms with Crippen molar-refractivity contribution < 1.29 is 14.3 Å². The maximum Gasteiger partial charge on any atom is 0.255 e. The second-order valence-electron chi connectivity index (χ2n) is 7.91. The molecule has 0 aliphatic carbocycles. The number of hydrogen-bond acceptors (Lipinski definition) is 3. The number of halogens is 1. The van der Waals surface area contributed by atoms with Crippen LogP contribution in [0.1, 0.15) is 58.9 Å². The lowest BCUT2D eigenvalue weighted by molar-refractivity contribution is 0.101. The molecule has 0 unspecified atom stereocenters. The Balaban J connectivity index is 1.54. The first-order chi connectivity index (χ1) is 16.0. The molecule has 172 valence electrons. The molecule has 2 amide bonds. The first kappa shape index (κ1) is 24.5. The molecule has 0 heterocycles. The van der Waals surface area contributed by atoms with Crippen LogP contribution < -0.4 is 15.4 Å². The fourth-order valence-electron chi connectivity index (χ4n) is 3.30. The number of ether oxygens (including phenoxy) is 1. The van der Waals surface area contributed by atoms with Gasteiger partial charge in [-0.1, -0.05) is 43.9 Å². The molecule has 0 fully saturated rings. The molecule has 0 aromatic heterocycles. The van der Waals surface area contributed by atoms with Gasteiger partial charge >= 0.3 is 0 Å². The fourth-order valence-corrected chi connectivity index (χ4v) is 3.79. The zero-order chi connectivity index (χ0) is 23.6. The largest absolute Gasteiger partial charge is 0.492 e. The highest BCUT2D eigenvalue weighted by Gasteiger charge is 2.11. The summed E-state index contributed by atoms with van der Waals surface area (Å²) in [5.41, 5.74) is 3.45. The van der Waals surface area contributed by atoms with E-state index >= 15 is 0 Å². The third-order valence-corrected chi connectivity index (χ3v) is 5.75. The van der Waals surface area contributed by atoms with E-state index in [0.29, 0.717) is 29.1 Å². The summed E-state index contributed by atoms with van der Waals surface area (Å²) in [5, 5.41) is 5.75. The molecular weight excluding hydrogens is 480 g/mol. The van der Waals surface area contributed by atoms with Gasteiger partial charge in [-0.3, -0.25) is 9.59 Å². The number of nitrogens with one attached hydrogen (secondary N) is 2. The Hall–Kier alpha value is -3.12. The highest BCUT2D eigenvalue weighted by atomic mass is 79.9. The fraction of sp³-hybridized carbons (Fsp3) is 0.259. The first-order valence-corrected chi connectivity index (χ1v) is 12.0. The van der Waals surface area contributed by atoms with Crippen molar-refractivity contribution >= 4 is 39.1 Å². The smallest absolute Gasteiger partial charge is 0.255 e. The van der Waals surface area contributed by atoms with E-state index < -0.39 is 0 Å². The van der Waals surface area contributed by atoms with Gasteiger partial charge in [0.05, 0.1) is 11.1 Å². The molecule has 0 saturated carbocycles. The molecule has 0 bridgehead atoms. The van der Waals surface area contributed by atoms with Crippen LogP contribution in [-0.2, 0) is 0 Å². The van der Waals surface area contributed by atoms with E-state index in [-0.39, 0.29) is 11.8 Å². The van der Waals surface area contributed by atoms with Gasteiger partial charge in [0.15, 0.2) is 0 Å². The second-order valence-corrected chi connectivity index (χ2v) is 8.76. The maximum absolute atomic E-state index is 12.6. The van der Waals surface area contributed by atoms with Crippen molar-refractivity contribution in [2.24, 2.45) is 0 Å². The van der Waals surface area contributed by atoms with Gasteiger partial charge in [0.2, 0.25) is 0 Å².